The highest BCUT2D eigenvalue weighted by molar-refractivity contribution is 7.22. The van der Waals surface area contributed by atoms with Crippen molar-refractivity contribution in [3.05, 3.63) is 51.7 Å². The van der Waals surface area contributed by atoms with Crippen molar-refractivity contribution in [3.8, 4) is 0 Å². The number of nitrogens with one attached hydrogen (secondary N) is 2. The van der Waals surface area contributed by atoms with Crippen molar-refractivity contribution in [2.45, 2.75) is 26.7 Å². The lowest BCUT2D eigenvalue weighted by atomic mass is 10.1. The molecule has 2 aromatic heterocycles. The molecule has 3 aromatic rings. The topological polar surface area (TPSA) is 145 Å². The number of hydrogen-bond donors (Lipinski definition) is 3. The largest absolute Gasteiger partial charge is 0.483 e. The number of fused-ring (bicyclic) bond motifs is 1. The predicted molar refractivity (Wildman–Crippen MR) is 120 cm³/mol. The summed E-state index contributed by atoms with van der Waals surface area (Å²) in [5, 5.41) is 10.4. The van der Waals surface area contributed by atoms with Gasteiger partial charge in [0.1, 0.15) is 5.82 Å². The Morgan fingerprint density at radius 2 is 2.06 bits per heavy atom. The second kappa shape index (κ2) is 10.1. The number of carbonyl (C=O) groups is 3. The van der Waals surface area contributed by atoms with Gasteiger partial charge < -0.3 is 15.4 Å². The smallest absolute Gasteiger partial charge is 0.290 e. The Kier molecular flexibility index (Phi) is 7.31. The third kappa shape index (κ3) is 5.55. The molecule has 32 heavy (non-hydrogen) atoms. The molecule has 1 aliphatic heterocycles. The van der Waals surface area contributed by atoms with Crippen molar-refractivity contribution in [2.75, 3.05) is 18.0 Å². The molecule has 2 amide bonds. The monoisotopic (exact) mass is 457 g/mol. The molecule has 0 radical (unpaired) electrons. The second-order valence-corrected chi connectivity index (χ2v) is 8.36. The lowest BCUT2D eigenvalue weighted by Crippen LogP contribution is -2.34. The average molecular weight is 458 g/mol. The number of H-pyrrole nitrogens is 1. The van der Waals surface area contributed by atoms with Crippen LogP contribution in [0.1, 0.15) is 23.5 Å². The summed E-state index contributed by atoms with van der Waals surface area (Å²) in [6.45, 7) is 4.18. The first-order valence-electron chi connectivity index (χ1n) is 9.90. The molecule has 1 atom stereocenters. The molecule has 1 aliphatic rings. The predicted octanol–water partition coefficient (Wildman–Crippen LogP) is 1.41. The minimum atomic E-state index is -0.416. The molecule has 11 heteroatoms. The first-order valence-corrected chi connectivity index (χ1v) is 10.7. The van der Waals surface area contributed by atoms with Gasteiger partial charge in [-0.05, 0) is 31.5 Å². The number of amides is 2. The van der Waals surface area contributed by atoms with Crippen LogP contribution in [-0.2, 0) is 20.8 Å². The van der Waals surface area contributed by atoms with Crippen molar-refractivity contribution in [3.63, 3.8) is 0 Å². The molecule has 3 N–H and O–H groups in total. The minimum Gasteiger partial charge on any atom is -0.483 e. The van der Waals surface area contributed by atoms with E-state index in [0.717, 1.165) is 15.8 Å². The van der Waals surface area contributed by atoms with E-state index in [2.05, 4.69) is 20.3 Å². The van der Waals surface area contributed by atoms with Gasteiger partial charge in [-0.25, -0.2) is 9.97 Å². The van der Waals surface area contributed by atoms with E-state index in [4.69, 9.17) is 9.90 Å². The molecule has 0 bridgehead atoms. The standard InChI is InChI=1S/C20H21N5O3S.CH2O2/c1-11-3-4-14-15(7-11)29-20(23-14)25-10-13(9-18(25)27)19(28)21-6-5-16-22-12(2)8-17(26)24-16;2-1-3/h3-4,7-8,13H,5-6,9-10H2,1-2H3,(H,21,28)(H,22,24,26);1H,(H,2,3). The van der Waals surface area contributed by atoms with E-state index in [-0.39, 0.29) is 30.3 Å². The zero-order valence-corrected chi connectivity index (χ0v) is 18.4. The van der Waals surface area contributed by atoms with Gasteiger partial charge in [0.05, 0.1) is 16.1 Å². The minimum absolute atomic E-state index is 0.0920. The fraction of sp³-hybridized carbons (Fsp3) is 0.333. The van der Waals surface area contributed by atoms with Gasteiger partial charge in [-0.3, -0.25) is 24.1 Å². The zero-order chi connectivity index (χ0) is 23.3. The van der Waals surface area contributed by atoms with Crippen LogP contribution in [-0.4, -0.2) is 51.4 Å². The summed E-state index contributed by atoms with van der Waals surface area (Å²) in [6, 6.07) is 7.40. The Morgan fingerprint density at radius 3 is 2.78 bits per heavy atom. The van der Waals surface area contributed by atoms with Crippen molar-refractivity contribution in [1.82, 2.24) is 20.3 Å². The number of carboxylic acid groups (broad SMARTS) is 1. The molecule has 10 nitrogen and oxygen atoms in total. The van der Waals surface area contributed by atoms with E-state index >= 15 is 0 Å². The number of aryl methyl sites for hydroxylation is 2. The number of nitrogens with zero attached hydrogens (tertiary/aromatic N) is 3. The van der Waals surface area contributed by atoms with Gasteiger partial charge in [0.15, 0.2) is 5.13 Å². The Hall–Kier alpha value is -3.60. The van der Waals surface area contributed by atoms with Crippen LogP contribution < -0.4 is 15.8 Å². The van der Waals surface area contributed by atoms with Crippen LogP contribution in [0.2, 0.25) is 0 Å². The Labute approximate surface area is 187 Å². The molecule has 168 valence electrons. The molecule has 1 saturated heterocycles. The summed E-state index contributed by atoms with van der Waals surface area (Å²) in [6.07, 6.45) is 0.588. The van der Waals surface area contributed by atoms with Crippen LogP contribution in [0.15, 0.2) is 29.1 Å². The number of carbonyl (C=O) groups excluding carboxylic acids is 2. The van der Waals surface area contributed by atoms with Crippen molar-refractivity contribution in [1.29, 1.82) is 0 Å². The summed E-state index contributed by atoms with van der Waals surface area (Å²) in [7, 11) is 0. The number of benzene rings is 1. The van der Waals surface area contributed by atoms with Crippen molar-refractivity contribution in [2.24, 2.45) is 5.92 Å². The van der Waals surface area contributed by atoms with Gasteiger partial charge in [0.2, 0.25) is 11.8 Å². The quantitative estimate of drug-likeness (QED) is 0.491. The van der Waals surface area contributed by atoms with Gasteiger partial charge >= 0.3 is 0 Å². The van der Waals surface area contributed by atoms with E-state index in [1.54, 1.807) is 11.8 Å². The van der Waals surface area contributed by atoms with E-state index in [9.17, 15) is 14.4 Å². The van der Waals surface area contributed by atoms with Crippen LogP contribution >= 0.6 is 11.3 Å². The van der Waals surface area contributed by atoms with Crippen LogP contribution in [0, 0.1) is 19.8 Å². The summed E-state index contributed by atoms with van der Waals surface area (Å²) >= 11 is 1.46. The van der Waals surface area contributed by atoms with Crippen LogP contribution in [0.5, 0.6) is 0 Å². The number of anilines is 1. The fourth-order valence-electron chi connectivity index (χ4n) is 3.41. The van der Waals surface area contributed by atoms with E-state index in [0.29, 0.717) is 36.2 Å². The molecular weight excluding hydrogens is 434 g/mol. The third-order valence-corrected chi connectivity index (χ3v) is 5.88. The second-order valence-electron chi connectivity index (χ2n) is 7.35. The molecule has 1 aromatic carbocycles. The summed E-state index contributed by atoms with van der Waals surface area (Å²) in [4.78, 5) is 57.9. The highest BCUT2D eigenvalue weighted by Gasteiger charge is 2.36. The van der Waals surface area contributed by atoms with Gasteiger partial charge in [0, 0.05) is 37.7 Å². The average Bonchev–Trinajstić information content (AvgIpc) is 3.30. The maximum Gasteiger partial charge on any atom is 0.290 e. The first kappa shape index (κ1) is 23.1. The summed E-state index contributed by atoms with van der Waals surface area (Å²) in [5.41, 5.74) is 2.43. The lowest BCUT2D eigenvalue weighted by molar-refractivity contribution is -0.126. The number of aromatic amines is 1. The molecule has 1 fully saturated rings. The SMILES string of the molecule is Cc1ccc2nc(N3CC(C(=O)NCCc4nc(C)cc(=O)[nH]4)CC3=O)sc2c1.O=CO. The number of rotatable bonds is 5. The van der Waals surface area contributed by atoms with E-state index in [1.807, 2.05) is 25.1 Å². The molecule has 4 rings (SSSR count). The van der Waals surface area contributed by atoms with Gasteiger partial charge in [-0.15, -0.1) is 0 Å². The fourth-order valence-corrected chi connectivity index (χ4v) is 4.50. The zero-order valence-electron chi connectivity index (χ0n) is 17.6. The molecule has 0 spiro atoms. The van der Waals surface area contributed by atoms with E-state index < -0.39 is 5.92 Å². The highest BCUT2D eigenvalue weighted by Crippen LogP contribution is 2.33. The van der Waals surface area contributed by atoms with Gasteiger partial charge in [0.25, 0.3) is 12.0 Å². The van der Waals surface area contributed by atoms with Crippen molar-refractivity contribution >= 4 is 45.0 Å². The molecule has 0 saturated carbocycles. The van der Waals surface area contributed by atoms with Crippen LogP contribution in [0.25, 0.3) is 10.2 Å². The summed E-state index contributed by atoms with van der Waals surface area (Å²) in [5.74, 6) is -0.150. The van der Waals surface area contributed by atoms with Crippen LogP contribution in [0.3, 0.4) is 0 Å². The Morgan fingerprint density at radius 1 is 1.31 bits per heavy atom. The third-order valence-electron chi connectivity index (χ3n) is 4.84. The molecule has 0 aliphatic carbocycles. The molecule has 1 unspecified atom stereocenters. The molecule has 3 heterocycles. The maximum atomic E-state index is 12.5. The summed E-state index contributed by atoms with van der Waals surface area (Å²) < 4.78 is 1.03. The van der Waals surface area contributed by atoms with Crippen molar-refractivity contribution < 1.29 is 19.5 Å². The Balaban J connectivity index is 0.000000913. The van der Waals surface area contributed by atoms with E-state index in [1.165, 1.54) is 17.4 Å². The lowest BCUT2D eigenvalue weighted by Gasteiger charge is -2.13. The van der Waals surface area contributed by atoms with Crippen LogP contribution in [0.4, 0.5) is 5.13 Å². The number of aromatic nitrogens is 3. The molecular formula is C21H23N5O5S. The number of thiazole rings is 1. The Bertz CT molecular complexity index is 1200. The first-order chi connectivity index (χ1) is 15.3. The normalized spacial score (nSPS) is 15.4. The number of hydrogen-bond acceptors (Lipinski definition) is 7. The maximum absolute atomic E-state index is 12.5. The van der Waals surface area contributed by atoms with Gasteiger partial charge in [-0.1, -0.05) is 17.4 Å². The van der Waals surface area contributed by atoms with Gasteiger partial charge in [-0.2, -0.15) is 0 Å². The highest BCUT2D eigenvalue weighted by atomic mass is 32.1.